The van der Waals surface area contributed by atoms with E-state index in [4.69, 9.17) is 5.73 Å². The molecule has 1 unspecified atom stereocenters. The second-order valence-electron chi connectivity index (χ2n) is 5.78. The summed E-state index contributed by atoms with van der Waals surface area (Å²) >= 11 is 0. The minimum absolute atomic E-state index is 0.413. The van der Waals surface area contributed by atoms with E-state index in [1.165, 1.54) is 43.5 Å². The van der Waals surface area contributed by atoms with E-state index >= 15 is 0 Å². The van der Waals surface area contributed by atoms with Gasteiger partial charge in [-0.1, -0.05) is 0 Å². The van der Waals surface area contributed by atoms with Gasteiger partial charge >= 0.3 is 0 Å². The molecule has 5 nitrogen and oxygen atoms in total. The predicted molar refractivity (Wildman–Crippen MR) is 77.3 cm³/mol. The average Bonchev–Trinajstić information content (AvgIpc) is 2.63. The summed E-state index contributed by atoms with van der Waals surface area (Å²) in [6.45, 7) is 3.27. The van der Waals surface area contributed by atoms with Crippen LogP contribution in [0.1, 0.15) is 42.9 Å². The zero-order chi connectivity index (χ0) is 13.2. The molecule has 0 spiro atoms. The summed E-state index contributed by atoms with van der Waals surface area (Å²) < 4.78 is 0. The number of nitrogens with zero attached hydrogens (tertiary/aromatic N) is 3. The Hall–Kier alpha value is -1.36. The summed E-state index contributed by atoms with van der Waals surface area (Å²) in [5.41, 5.74) is 8.41. The van der Waals surface area contributed by atoms with E-state index in [1.54, 1.807) is 0 Å². The van der Waals surface area contributed by atoms with Gasteiger partial charge in [0.25, 0.3) is 0 Å². The summed E-state index contributed by atoms with van der Waals surface area (Å²) in [5, 5.41) is 3.41. The number of nitrogens with one attached hydrogen (secondary N) is 1. The van der Waals surface area contributed by atoms with E-state index < -0.39 is 0 Å². The fourth-order valence-corrected chi connectivity index (χ4v) is 3.27. The smallest absolute Gasteiger partial charge is 0.222 e. The van der Waals surface area contributed by atoms with Crippen molar-refractivity contribution in [1.82, 2.24) is 14.9 Å². The van der Waals surface area contributed by atoms with Crippen LogP contribution in [0.25, 0.3) is 0 Å². The largest absolute Gasteiger partial charge is 0.370 e. The molecule has 3 heterocycles. The Balaban J connectivity index is 1.97. The third kappa shape index (κ3) is 2.66. The van der Waals surface area contributed by atoms with Gasteiger partial charge in [0.05, 0.1) is 5.69 Å². The van der Waals surface area contributed by atoms with E-state index in [2.05, 4.69) is 27.2 Å². The monoisotopic (exact) mass is 261 g/mol. The van der Waals surface area contributed by atoms with Crippen molar-refractivity contribution >= 4 is 11.8 Å². The van der Waals surface area contributed by atoms with Gasteiger partial charge in [0, 0.05) is 24.6 Å². The number of rotatable bonds is 1. The summed E-state index contributed by atoms with van der Waals surface area (Å²) in [6, 6.07) is 0. The minimum Gasteiger partial charge on any atom is -0.370 e. The first-order valence-corrected chi connectivity index (χ1v) is 7.33. The molecule has 0 aromatic carbocycles. The van der Waals surface area contributed by atoms with Crippen LogP contribution in [-0.2, 0) is 6.42 Å². The first kappa shape index (κ1) is 12.7. The Morgan fingerprint density at radius 3 is 3.00 bits per heavy atom. The van der Waals surface area contributed by atoms with Gasteiger partial charge in [-0.3, -0.25) is 0 Å². The standard InChI is InChI=1S/C14H23N5/c1-19-8-4-5-10(9-19)12-11-6-2-3-7-16-13(11)18-14(15)17-12/h10H,2-9H2,1H3,(H3,15,16,17,18). The van der Waals surface area contributed by atoms with Gasteiger partial charge in [-0.15, -0.1) is 0 Å². The zero-order valence-corrected chi connectivity index (χ0v) is 11.7. The van der Waals surface area contributed by atoms with Crippen molar-refractivity contribution in [3.63, 3.8) is 0 Å². The number of aromatic nitrogens is 2. The number of hydrogen-bond donors (Lipinski definition) is 2. The molecule has 0 bridgehead atoms. The SMILES string of the molecule is CN1CCCC(c2nc(N)nc3c2CCCCN3)C1. The third-order valence-electron chi connectivity index (χ3n) is 4.21. The molecule has 104 valence electrons. The fraction of sp³-hybridized carbons (Fsp3) is 0.714. The van der Waals surface area contributed by atoms with Crippen LogP contribution in [-0.4, -0.2) is 41.5 Å². The fourth-order valence-electron chi connectivity index (χ4n) is 3.27. The van der Waals surface area contributed by atoms with Crippen molar-refractivity contribution in [2.45, 2.75) is 38.0 Å². The number of anilines is 2. The van der Waals surface area contributed by atoms with E-state index in [9.17, 15) is 0 Å². The highest BCUT2D eigenvalue weighted by Gasteiger charge is 2.25. The molecule has 19 heavy (non-hydrogen) atoms. The number of piperidine rings is 1. The number of nitrogens with two attached hydrogens (primary N) is 1. The molecule has 0 amide bonds. The molecule has 0 aliphatic carbocycles. The Kier molecular flexibility index (Phi) is 3.55. The van der Waals surface area contributed by atoms with E-state index in [1.807, 2.05) is 0 Å². The van der Waals surface area contributed by atoms with Crippen LogP contribution in [0.3, 0.4) is 0 Å². The topological polar surface area (TPSA) is 67.1 Å². The van der Waals surface area contributed by atoms with Crippen molar-refractivity contribution in [1.29, 1.82) is 0 Å². The van der Waals surface area contributed by atoms with E-state index in [-0.39, 0.29) is 0 Å². The number of fused-ring (bicyclic) bond motifs is 1. The second kappa shape index (κ2) is 5.33. The molecule has 0 saturated carbocycles. The maximum absolute atomic E-state index is 5.90. The third-order valence-corrected chi connectivity index (χ3v) is 4.21. The summed E-state index contributed by atoms with van der Waals surface area (Å²) in [7, 11) is 2.19. The van der Waals surface area contributed by atoms with Crippen molar-refractivity contribution in [2.75, 3.05) is 37.7 Å². The molecular formula is C14H23N5. The quantitative estimate of drug-likeness (QED) is 0.804. The average molecular weight is 261 g/mol. The summed E-state index contributed by atoms with van der Waals surface area (Å²) in [4.78, 5) is 11.4. The molecule has 1 atom stereocenters. The van der Waals surface area contributed by atoms with Crippen molar-refractivity contribution in [3.8, 4) is 0 Å². The highest BCUT2D eigenvalue weighted by Crippen LogP contribution is 2.32. The van der Waals surface area contributed by atoms with Crippen LogP contribution in [0, 0.1) is 0 Å². The van der Waals surface area contributed by atoms with E-state index in [0.29, 0.717) is 11.9 Å². The lowest BCUT2D eigenvalue weighted by molar-refractivity contribution is 0.248. The molecule has 2 aliphatic heterocycles. The lowest BCUT2D eigenvalue weighted by Crippen LogP contribution is -2.32. The molecule has 1 aromatic rings. The lowest BCUT2D eigenvalue weighted by atomic mass is 9.90. The van der Waals surface area contributed by atoms with Gasteiger partial charge in [0.2, 0.25) is 5.95 Å². The van der Waals surface area contributed by atoms with Gasteiger partial charge in [-0.25, -0.2) is 4.98 Å². The molecule has 1 fully saturated rings. The van der Waals surface area contributed by atoms with Crippen molar-refractivity contribution < 1.29 is 0 Å². The van der Waals surface area contributed by atoms with Crippen LogP contribution in [0.15, 0.2) is 0 Å². The van der Waals surface area contributed by atoms with Crippen molar-refractivity contribution in [3.05, 3.63) is 11.3 Å². The van der Waals surface area contributed by atoms with Crippen LogP contribution in [0.5, 0.6) is 0 Å². The molecule has 3 rings (SSSR count). The van der Waals surface area contributed by atoms with Gasteiger partial charge in [-0.2, -0.15) is 4.98 Å². The normalized spacial score (nSPS) is 24.4. The van der Waals surface area contributed by atoms with Gasteiger partial charge in [-0.05, 0) is 45.7 Å². The highest BCUT2D eigenvalue weighted by molar-refractivity contribution is 5.51. The minimum atomic E-state index is 0.413. The maximum Gasteiger partial charge on any atom is 0.222 e. The molecule has 3 N–H and O–H groups in total. The molecule has 1 saturated heterocycles. The number of likely N-dealkylation sites (tertiary alicyclic amines) is 1. The predicted octanol–water partition coefficient (Wildman–Crippen LogP) is 1.62. The van der Waals surface area contributed by atoms with Gasteiger partial charge in [0.15, 0.2) is 0 Å². The molecule has 0 radical (unpaired) electrons. The summed E-state index contributed by atoms with van der Waals surface area (Å²) in [6.07, 6.45) is 5.95. The maximum atomic E-state index is 5.90. The molecular weight excluding hydrogens is 238 g/mol. The Labute approximate surface area is 114 Å². The molecule has 1 aromatic heterocycles. The second-order valence-corrected chi connectivity index (χ2v) is 5.78. The Morgan fingerprint density at radius 1 is 1.26 bits per heavy atom. The highest BCUT2D eigenvalue weighted by atomic mass is 15.1. The molecule has 2 aliphatic rings. The first-order chi connectivity index (χ1) is 9.24. The first-order valence-electron chi connectivity index (χ1n) is 7.33. The Morgan fingerprint density at radius 2 is 2.16 bits per heavy atom. The number of likely N-dealkylation sites (N-methyl/N-ethyl adjacent to an activating group) is 1. The van der Waals surface area contributed by atoms with Crippen LogP contribution < -0.4 is 11.1 Å². The van der Waals surface area contributed by atoms with Crippen LogP contribution in [0.2, 0.25) is 0 Å². The van der Waals surface area contributed by atoms with Crippen LogP contribution >= 0.6 is 0 Å². The summed E-state index contributed by atoms with van der Waals surface area (Å²) in [5.74, 6) is 1.90. The molecule has 5 heteroatoms. The number of nitrogen functional groups attached to an aromatic ring is 1. The van der Waals surface area contributed by atoms with Gasteiger partial charge in [0.1, 0.15) is 5.82 Å². The lowest BCUT2D eigenvalue weighted by Gasteiger charge is -2.30. The Bertz CT molecular complexity index is 459. The van der Waals surface area contributed by atoms with Crippen molar-refractivity contribution in [2.24, 2.45) is 0 Å². The van der Waals surface area contributed by atoms with Crippen LogP contribution in [0.4, 0.5) is 11.8 Å². The number of hydrogen-bond acceptors (Lipinski definition) is 5. The zero-order valence-electron chi connectivity index (χ0n) is 11.7. The van der Waals surface area contributed by atoms with E-state index in [0.717, 1.165) is 25.3 Å². The van der Waals surface area contributed by atoms with Gasteiger partial charge < -0.3 is 16.0 Å².